The molecule has 1 N–H and O–H groups in total. The van der Waals surface area contributed by atoms with Crippen LogP contribution in [0.15, 0.2) is 89.8 Å². The molecular weight excluding hydrogens is 436 g/mol. The minimum absolute atomic E-state index is 0.144. The molecule has 3 aromatic rings. The number of anilines is 1. The van der Waals surface area contributed by atoms with Crippen LogP contribution in [0.5, 0.6) is 5.75 Å². The second-order valence-corrected chi connectivity index (χ2v) is 9.43. The van der Waals surface area contributed by atoms with Crippen molar-refractivity contribution in [2.45, 2.75) is 31.1 Å². The number of aryl methyl sites for hydroxylation is 1. The molecule has 6 nitrogen and oxygen atoms in total. The van der Waals surface area contributed by atoms with E-state index in [-0.39, 0.29) is 17.3 Å². The van der Waals surface area contributed by atoms with Gasteiger partial charge in [-0.15, -0.1) is 0 Å². The molecule has 0 unspecified atom stereocenters. The second kappa shape index (κ2) is 12.1. The van der Waals surface area contributed by atoms with Crippen molar-refractivity contribution in [1.82, 2.24) is 5.32 Å². The van der Waals surface area contributed by atoms with E-state index in [2.05, 4.69) is 12.2 Å². The van der Waals surface area contributed by atoms with Gasteiger partial charge >= 0.3 is 0 Å². The number of nitrogens with one attached hydrogen (secondary N) is 1. The van der Waals surface area contributed by atoms with Crippen LogP contribution in [0.2, 0.25) is 0 Å². The highest BCUT2D eigenvalue weighted by Crippen LogP contribution is 2.23. The quantitative estimate of drug-likeness (QED) is 0.401. The highest BCUT2D eigenvalue weighted by molar-refractivity contribution is 7.92. The van der Waals surface area contributed by atoms with E-state index in [0.717, 1.165) is 34.9 Å². The lowest BCUT2D eigenvalue weighted by Gasteiger charge is -2.24. The van der Waals surface area contributed by atoms with Crippen molar-refractivity contribution in [2.24, 2.45) is 0 Å². The number of rotatable bonds is 12. The molecular formula is C26H30N2O4S. The Labute approximate surface area is 196 Å². The van der Waals surface area contributed by atoms with Crippen LogP contribution >= 0.6 is 0 Å². The normalized spacial score (nSPS) is 11.1. The van der Waals surface area contributed by atoms with Gasteiger partial charge in [0.05, 0.1) is 17.2 Å². The third-order valence-electron chi connectivity index (χ3n) is 5.04. The Balaban J connectivity index is 1.62. The predicted octanol–water partition coefficient (Wildman–Crippen LogP) is 4.42. The van der Waals surface area contributed by atoms with Gasteiger partial charge < -0.3 is 10.1 Å². The fourth-order valence-electron chi connectivity index (χ4n) is 3.39. The van der Waals surface area contributed by atoms with Crippen molar-refractivity contribution in [1.29, 1.82) is 0 Å². The summed E-state index contributed by atoms with van der Waals surface area (Å²) in [5, 5.41) is 2.85. The van der Waals surface area contributed by atoms with E-state index in [1.54, 1.807) is 48.5 Å². The summed E-state index contributed by atoms with van der Waals surface area (Å²) >= 11 is 0. The molecule has 3 aromatic carbocycles. The van der Waals surface area contributed by atoms with Gasteiger partial charge in [0.25, 0.3) is 10.0 Å². The number of amides is 1. The van der Waals surface area contributed by atoms with E-state index in [1.807, 2.05) is 24.3 Å². The standard InChI is InChI=1S/C26H30N2O4S/c1-2-20-32-25-18-10-9-12-22(25)13-11-19-27-26(29)21-28(23-14-5-3-6-15-23)33(30,31)24-16-7-4-8-17-24/h3-10,12,14-18H,2,11,13,19-21H2,1H3,(H,27,29). The molecule has 0 atom stereocenters. The topological polar surface area (TPSA) is 75.7 Å². The molecule has 1 amide bonds. The number of para-hydroxylation sites is 2. The first kappa shape index (κ1) is 24.3. The minimum Gasteiger partial charge on any atom is -0.493 e. The first-order chi connectivity index (χ1) is 16.0. The monoisotopic (exact) mass is 466 g/mol. The number of benzene rings is 3. The van der Waals surface area contributed by atoms with Crippen LogP contribution in [0.25, 0.3) is 0 Å². The molecule has 0 aliphatic rings. The van der Waals surface area contributed by atoms with Crippen LogP contribution < -0.4 is 14.4 Å². The maximum Gasteiger partial charge on any atom is 0.264 e. The lowest BCUT2D eigenvalue weighted by Crippen LogP contribution is -2.41. The first-order valence-electron chi connectivity index (χ1n) is 11.1. The van der Waals surface area contributed by atoms with Crippen LogP contribution in [-0.4, -0.2) is 34.0 Å². The summed E-state index contributed by atoms with van der Waals surface area (Å²) in [4.78, 5) is 12.8. The van der Waals surface area contributed by atoms with Crippen molar-refractivity contribution < 1.29 is 17.9 Å². The van der Waals surface area contributed by atoms with E-state index >= 15 is 0 Å². The van der Waals surface area contributed by atoms with E-state index < -0.39 is 10.0 Å². The number of carbonyl (C=O) groups excluding carboxylic acids is 1. The number of nitrogens with zero attached hydrogens (tertiary/aromatic N) is 1. The Morgan fingerprint density at radius 3 is 2.24 bits per heavy atom. The molecule has 0 aliphatic carbocycles. The molecule has 0 aromatic heterocycles. The number of hydrogen-bond donors (Lipinski definition) is 1. The highest BCUT2D eigenvalue weighted by atomic mass is 32.2. The zero-order valence-corrected chi connectivity index (χ0v) is 19.6. The Bertz CT molecular complexity index is 1120. The lowest BCUT2D eigenvalue weighted by atomic mass is 10.1. The molecule has 0 bridgehead atoms. The summed E-state index contributed by atoms with van der Waals surface area (Å²) in [6.07, 6.45) is 2.41. The van der Waals surface area contributed by atoms with E-state index in [4.69, 9.17) is 4.74 Å². The van der Waals surface area contributed by atoms with Crippen LogP contribution in [-0.2, 0) is 21.2 Å². The molecule has 174 valence electrons. The van der Waals surface area contributed by atoms with Gasteiger partial charge in [0.1, 0.15) is 12.3 Å². The van der Waals surface area contributed by atoms with Gasteiger partial charge in [0.2, 0.25) is 5.91 Å². The molecule has 0 aliphatic heterocycles. The summed E-state index contributed by atoms with van der Waals surface area (Å²) in [5.41, 5.74) is 1.54. The van der Waals surface area contributed by atoms with Crippen molar-refractivity contribution in [3.05, 3.63) is 90.5 Å². The molecule has 0 saturated heterocycles. The maximum absolute atomic E-state index is 13.2. The Morgan fingerprint density at radius 1 is 0.909 bits per heavy atom. The van der Waals surface area contributed by atoms with E-state index in [9.17, 15) is 13.2 Å². The summed E-state index contributed by atoms with van der Waals surface area (Å²) in [6, 6.07) is 24.7. The minimum atomic E-state index is -3.88. The third-order valence-corrected chi connectivity index (χ3v) is 6.83. The summed E-state index contributed by atoms with van der Waals surface area (Å²) in [6.45, 7) is 2.88. The number of hydrogen-bond acceptors (Lipinski definition) is 4. The van der Waals surface area contributed by atoms with Crippen LogP contribution in [0.3, 0.4) is 0 Å². The number of ether oxygens (including phenoxy) is 1. The molecule has 7 heteroatoms. The smallest absolute Gasteiger partial charge is 0.264 e. The van der Waals surface area contributed by atoms with Gasteiger partial charge in [-0.05, 0) is 55.2 Å². The molecule has 3 rings (SSSR count). The Morgan fingerprint density at radius 2 is 1.55 bits per heavy atom. The van der Waals surface area contributed by atoms with Gasteiger partial charge in [0, 0.05) is 6.54 Å². The average molecular weight is 467 g/mol. The van der Waals surface area contributed by atoms with Gasteiger partial charge in [-0.1, -0.05) is 61.5 Å². The zero-order chi connectivity index (χ0) is 23.5. The second-order valence-electron chi connectivity index (χ2n) is 7.57. The van der Waals surface area contributed by atoms with Gasteiger partial charge in [-0.25, -0.2) is 8.42 Å². The molecule has 0 saturated carbocycles. The van der Waals surface area contributed by atoms with Gasteiger partial charge in [-0.2, -0.15) is 0 Å². The molecule has 0 radical (unpaired) electrons. The van der Waals surface area contributed by atoms with Crippen LogP contribution in [0.1, 0.15) is 25.3 Å². The van der Waals surface area contributed by atoms with E-state index in [0.29, 0.717) is 18.8 Å². The van der Waals surface area contributed by atoms with Gasteiger partial charge in [-0.3, -0.25) is 9.10 Å². The van der Waals surface area contributed by atoms with Crippen LogP contribution in [0.4, 0.5) is 5.69 Å². The van der Waals surface area contributed by atoms with E-state index in [1.165, 1.54) is 12.1 Å². The fourth-order valence-corrected chi connectivity index (χ4v) is 4.83. The zero-order valence-electron chi connectivity index (χ0n) is 18.8. The Kier molecular flexibility index (Phi) is 8.89. The third kappa shape index (κ3) is 6.83. The van der Waals surface area contributed by atoms with Crippen LogP contribution in [0, 0.1) is 0 Å². The van der Waals surface area contributed by atoms with Crippen molar-refractivity contribution in [3.8, 4) is 5.75 Å². The molecule has 0 heterocycles. The highest BCUT2D eigenvalue weighted by Gasteiger charge is 2.26. The molecule has 33 heavy (non-hydrogen) atoms. The molecule has 0 spiro atoms. The largest absolute Gasteiger partial charge is 0.493 e. The lowest BCUT2D eigenvalue weighted by molar-refractivity contribution is -0.119. The maximum atomic E-state index is 13.2. The number of sulfonamides is 1. The van der Waals surface area contributed by atoms with Crippen molar-refractivity contribution in [2.75, 3.05) is 24.0 Å². The van der Waals surface area contributed by atoms with Crippen molar-refractivity contribution in [3.63, 3.8) is 0 Å². The summed E-state index contributed by atoms with van der Waals surface area (Å²) < 4.78 is 33.4. The first-order valence-corrected chi connectivity index (χ1v) is 12.6. The predicted molar refractivity (Wildman–Crippen MR) is 131 cm³/mol. The average Bonchev–Trinajstić information content (AvgIpc) is 2.85. The Hall–Kier alpha value is -3.32. The fraction of sp³-hybridized carbons (Fsp3) is 0.269. The summed E-state index contributed by atoms with van der Waals surface area (Å²) in [7, 11) is -3.88. The molecule has 0 fully saturated rings. The summed E-state index contributed by atoms with van der Waals surface area (Å²) in [5.74, 6) is 0.517. The number of carbonyl (C=O) groups is 1. The SMILES string of the molecule is CCCOc1ccccc1CCCNC(=O)CN(c1ccccc1)S(=O)(=O)c1ccccc1. The van der Waals surface area contributed by atoms with Gasteiger partial charge in [0.15, 0.2) is 0 Å². The van der Waals surface area contributed by atoms with Crippen molar-refractivity contribution >= 4 is 21.6 Å².